The predicted octanol–water partition coefficient (Wildman–Crippen LogP) is -0.505. The zero-order valence-electron chi connectivity index (χ0n) is 6.40. The number of aromatic nitrogens is 4. The fraction of sp³-hybridized carbons (Fsp3) is 0.800. The quantitative estimate of drug-likeness (QED) is 0.664. The molecule has 0 atom stereocenters. The summed E-state index contributed by atoms with van der Waals surface area (Å²) in [5.74, 6) is 1.76. The van der Waals surface area contributed by atoms with Crippen molar-refractivity contribution < 1.29 is 0 Å². The molecule has 0 amide bonds. The number of hydrogen-bond donors (Lipinski definition) is 1. The lowest BCUT2D eigenvalue weighted by Crippen LogP contribution is -2.11. The average Bonchev–Trinajstić information content (AvgIpc) is 2.47. The summed E-state index contributed by atoms with van der Waals surface area (Å²) in [5, 5.41) is 11.1. The minimum atomic E-state index is 0.404. The van der Waals surface area contributed by atoms with E-state index in [9.17, 15) is 0 Å². The minimum absolute atomic E-state index is 0.404. The minimum Gasteiger partial charge on any atom is -0.324 e. The molecule has 0 saturated carbocycles. The maximum atomic E-state index is 5.40. The number of tetrazole rings is 1. The summed E-state index contributed by atoms with van der Waals surface area (Å²) in [6.07, 6.45) is 2.05. The third-order valence-corrected chi connectivity index (χ3v) is 1.89. The van der Waals surface area contributed by atoms with Gasteiger partial charge in [0.2, 0.25) is 0 Å². The Hall–Kier alpha value is -0.620. The molecule has 0 bridgehead atoms. The zero-order valence-corrected chi connectivity index (χ0v) is 7.21. The number of nitrogens with two attached hydrogens (primary N) is 1. The Morgan fingerprint density at radius 2 is 2.45 bits per heavy atom. The highest BCUT2D eigenvalue weighted by Crippen LogP contribution is 1.95. The fourth-order valence-corrected chi connectivity index (χ4v) is 1.08. The first-order valence-electron chi connectivity index (χ1n) is 3.32. The van der Waals surface area contributed by atoms with E-state index in [1.165, 1.54) is 0 Å². The highest BCUT2D eigenvalue weighted by molar-refractivity contribution is 7.98. The molecule has 1 heterocycles. The Labute approximate surface area is 69.3 Å². The van der Waals surface area contributed by atoms with Gasteiger partial charge >= 0.3 is 0 Å². The molecular formula is C5H11N5S. The highest BCUT2D eigenvalue weighted by atomic mass is 32.2. The molecule has 2 N–H and O–H groups in total. The lowest BCUT2D eigenvalue weighted by atomic mass is 10.6. The van der Waals surface area contributed by atoms with Crippen molar-refractivity contribution in [2.45, 2.75) is 13.1 Å². The van der Waals surface area contributed by atoms with E-state index in [0.29, 0.717) is 6.54 Å². The van der Waals surface area contributed by atoms with Crippen LogP contribution in [0.5, 0.6) is 0 Å². The van der Waals surface area contributed by atoms with Gasteiger partial charge in [0.25, 0.3) is 0 Å². The summed E-state index contributed by atoms with van der Waals surface area (Å²) >= 11 is 1.76. The first-order valence-corrected chi connectivity index (χ1v) is 4.72. The van der Waals surface area contributed by atoms with E-state index >= 15 is 0 Å². The Balaban J connectivity index is 2.54. The standard InChI is InChI=1S/C5H11N5S/c1-11-3-2-10-5(4-6)7-8-9-10/h2-4,6H2,1H3. The van der Waals surface area contributed by atoms with Crippen LogP contribution in [-0.2, 0) is 13.1 Å². The summed E-state index contributed by atoms with van der Waals surface area (Å²) in [5.41, 5.74) is 5.40. The van der Waals surface area contributed by atoms with Crippen molar-refractivity contribution in [2.24, 2.45) is 5.73 Å². The van der Waals surface area contributed by atoms with Gasteiger partial charge in [-0.2, -0.15) is 11.8 Å². The van der Waals surface area contributed by atoms with E-state index in [-0.39, 0.29) is 0 Å². The van der Waals surface area contributed by atoms with Gasteiger partial charge in [-0.25, -0.2) is 4.68 Å². The van der Waals surface area contributed by atoms with E-state index in [1.54, 1.807) is 16.4 Å². The van der Waals surface area contributed by atoms with Gasteiger partial charge in [0.15, 0.2) is 5.82 Å². The molecule has 0 radical (unpaired) electrons. The maximum absolute atomic E-state index is 5.40. The lowest BCUT2D eigenvalue weighted by molar-refractivity contribution is 0.603. The molecule has 1 aromatic heterocycles. The van der Waals surface area contributed by atoms with Crippen molar-refractivity contribution in [1.82, 2.24) is 20.2 Å². The molecule has 1 rings (SSSR count). The van der Waals surface area contributed by atoms with Crippen molar-refractivity contribution >= 4 is 11.8 Å². The Morgan fingerprint density at radius 3 is 3.09 bits per heavy atom. The second-order valence-electron chi connectivity index (χ2n) is 2.02. The van der Waals surface area contributed by atoms with Gasteiger partial charge < -0.3 is 5.73 Å². The maximum Gasteiger partial charge on any atom is 0.164 e. The summed E-state index contributed by atoms with van der Waals surface area (Å²) < 4.78 is 1.73. The van der Waals surface area contributed by atoms with E-state index < -0.39 is 0 Å². The van der Waals surface area contributed by atoms with Gasteiger partial charge in [0.05, 0.1) is 13.1 Å². The smallest absolute Gasteiger partial charge is 0.164 e. The van der Waals surface area contributed by atoms with Crippen molar-refractivity contribution in [3.05, 3.63) is 5.82 Å². The van der Waals surface area contributed by atoms with Crippen LogP contribution in [0, 0.1) is 0 Å². The lowest BCUT2D eigenvalue weighted by Gasteiger charge is -1.99. The molecule has 1 aromatic rings. The van der Waals surface area contributed by atoms with Crippen molar-refractivity contribution in [1.29, 1.82) is 0 Å². The van der Waals surface area contributed by atoms with Crippen molar-refractivity contribution in [3.63, 3.8) is 0 Å². The van der Waals surface area contributed by atoms with Crippen LogP contribution < -0.4 is 5.73 Å². The fourth-order valence-electron chi connectivity index (χ4n) is 0.721. The highest BCUT2D eigenvalue weighted by Gasteiger charge is 2.01. The van der Waals surface area contributed by atoms with Crippen molar-refractivity contribution in [2.75, 3.05) is 12.0 Å². The monoisotopic (exact) mass is 173 g/mol. The van der Waals surface area contributed by atoms with Crippen molar-refractivity contribution in [3.8, 4) is 0 Å². The summed E-state index contributed by atoms with van der Waals surface area (Å²) in [7, 11) is 0. The molecule has 0 spiro atoms. The summed E-state index contributed by atoms with van der Waals surface area (Å²) in [4.78, 5) is 0. The third kappa shape index (κ3) is 2.16. The van der Waals surface area contributed by atoms with Crippen LogP contribution in [-0.4, -0.2) is 32.2 Å². The summed E-state index contributed by atoms with van der Waals surface area (Å²) in [6.45, 7) is 1.24. The SMILES string of the molecule is CSCCn1nnnc1CN. The molecule has 0 unspecified atom stereocenters. The van der Waals surface area contributed by atoms with Gasteiger partial charge in [-0.3, -0.25) is 0 Å². The van der Waals surface area contributed by atoms with Gasteiger partial charge in [-0.15, -0.1) is 5.10 Å². The molecule has 5 nitrogen and oxygen atoms in total. The Morgan fingerprint density at radius 1 is 1.64 bits per heavy atom. The van der Waals surface area contributed by atoms with Crippen LogP contribution >= 0.6 is 11.8 Å². The Bertz CT molecular complexity index is 210. The van der Waals surface area contributed by atoms with E-state index in [0.717, 1.165) is 18.1 Å². The van der Waals surface area contributed by atoms with Crippen LogP contribution in [0.1, 0.15) is 5.82 Å². The molecule has 0 aliphatic heterocycles. The molecule has 0 aliphatic rings. The van der Waals surface area contributed by atoms with Gasteiger partial charge in [0.1, 0.15) is 0 Å². The van der Waals surface area contributed by atoms with E-state index in [2.05, 4.69) is 15.5 Å². The molecule has 11 heavy (non-hydrogen) atoms. The predicted molar refractivity (Wildman–Crippen MR) is 44.1 cm³/mol. The first-order chi connectivity index (χ1) is 5.38. The zero-order chi connectivity index (χ0) is 8.10. The molecule has 62 valence electrons. The Kier molecular flexibility index (Phi) is 3.31. The van der Waals surface area contributed by atoms with Crippen LogP contribution in [0.3, 0.4) is 0 Å². The van der Waals surface area contributed by atoms with Crippen LogP contribution in [0.4, 0.5) is 0 Å². The third-order valence-electron chi connectivity index (χ3n) is 1.30. The molecule has 0 aliphatic carbocycles. The number of thioether (sulfide) groups is 1. The topological polar surface area (TPSA) is 69.6 Å². The summed E-state index contributed by atoms with van der Waals surface area (Å²) in [6, 6.07) is 0. The molecular weight excluding hydrogens is 162 g/mol. The molecule has 0 fully saturated rings. The number of aryl methyl sites for hydroxylation is 1. The second kappa shape index (κ2) is 4.30. The van der Waals surface area contributed by atoms with Gasteiger partial charge in [-0.05, 0) is 16.7 Å². The normalized spacial score (nSPS) is 10.4. The number of nitrogens with zero attached hydrogens (tertiary/aromatic N) is 4. The van der Waals surface area contributed by atoms with Crippen LogP contribution in [0.2, 0.25) is 0 Å². The molecule has 6 heteroatoms. The van der Waals surface area contributed by atoms with E-state index in [4.69, 9.17) is 5.73 Å². The van der Waals surface area contributed by atoms with Crippen LogP contribution in [0.25, 0.3) is 0 Å². The largest absolute Gasteiger partial charge is 0.324 e. The molecule has 0 aromatic carbocycles. The second-order valence-corrected chi connectivity index (χ2v) is 3.00. The first kappa shape index (κ1) is 8.48. The number of rotatable bonds is 4. The van der Waals surface area contributed by atoms with E-state index in [1.807, 2.05) is 6.26 Å². The number of hydrogen-bond acceptors (Lipinski definition) is 5. The van der Waals surface area contributed by atoms with Gasteiger partial charge in [0, 0.05) is 5.75 Å². The average molecular weight is 173 g/mol. The van der Waals surface area contributed by atoms with Crippen LogP contribution in [0.15, 0.2) is 0 Å². The molecule has 0 saturated heterocycles. The van der Waals surface area contributed by atoms with Gasteiger partial charge in [-0.1, -0.05) is 0 Å².